The van der Waals surface area contributed by atoms with E-state index in [1.807, 2.05) is 32.0 Å². The fourth-order valence-electron chi connectivity index (χ4n) is 2.06. The summed E-state index contributed by atoms with van der Waals surface area (Å²) in [6, 6.07) is 5.71. The molecule has 108 valence electrons. The minimum absolute atomic E-state index is 0.625. The fraction of sp³-hybridized carbons (Fsp3) is 0.333. The number of methoxy groups -OCH3 is 2. The largest absolute Gasteiger partial charge is 0.493 e. The lowest BCUT2D eigenvalue weighted by Crippen LogP contribution is -2.02. The molecule has 0 bridgehead atoms. The third kappa shape index (κ3) is 2.85. The maximum Gasteiger partial charge on any atom is 0.161 e. The summed E-state index contributed by atoms with van der Waals surface area (Å²) < 4.78 is 11.6. The summed E-state index contributed by atoms with van der Waals surface area (Å²) in [4.78, 5) is 0.907. The van der Waals surface area contributed by atoms with Crippen molar-refractivity contribution in [3.8, 4) is 11.5 Å². The first-order chi connectivity index (χ1) is 9.47. The second-order valence-corrected chi connectivity index (χ2v) is 6.97. The van der Waals surface area contributed by atoms with Gasteiger partial charge in [-0.05, 0) is 64.7 Å². The molecule has 1 atom stereocenters. The van der Waals surface area contributed by atoms with Gasteiger partial charge in [0.15, 0.2) is 11.5 Å². The van der Waals surface area contributed by atoms with Gasteiger partial charge in [-0.1, -0.05) is 0 Å². The van der Waals surface area contributed by atoms with Gasteiger partial charge in [0, 0.05) is 4.88 Å². The molecule has 0 amide bonds. The third-order valence-electron chi connectivity index (χ3n) is 3.21. The molecule has 0 spiro atoms. The molecule has 0 radical (unpaired) electrons. The average Bonchev–Trinajstić information content (AvgIpc) is 2.77. The van der Waals surface area contributed by atoms with Gasteiger partial charge < -0.3 is 14.6 Å². The highest BCUT2D eigenvalue weighted by molar-refractivity contribution is 9.11. The molecule has 0 aliphatic carbocycles. The van der Waals surface area contributed by atoms with E-state index in [0.717, 1.165) is 25.4 Å². The Labute approximate surface area is 131 Å². The molecule has 2 rings (SSSR count). The van der Waals surface area contributed by atoms with Gasteiger partial charge >= 0.3 is 0 Å². The molecular weight excluding hydrogens is 340 g/mol. The number of halogens is 1. The Hall–Kier alpha value is -1.04. The van der Waals surface area contributed by atoms with Crippen molar-refractivity contribution in [1.82, 2.24) is 0 Å². The number of aryl methyl sites for hydroxylation is 2. The summed E-state index contributed by atoms with van der Waals surface area (Å²) in [6.45, 7) is 3.97. The van der Waals surface area contributed by atoms with Crippen molar-refractivity contribution >= 4 is 27.3 Å². The Balaban J connectivity index is 2.46. The SMILES string of the molecule is COc1cc(C)c(C(O)c2cc(C)c(Br)s2)cc1OC. The van der Waals surface area contributed by atoms with Gasteiger partial charge in [-0.25, -0.2) is 0 Å². The number of aliphatic hydroxyl groups is 1. The van der Waals surface area contributed by atoms with E-state index in [2.05, 4.69) is 15.9 Å². The lowest BCUT2D eigenvalue weighted by atomic mass is 10.0. The van der Waals surface area contributed by atoms with Crippen LogP contribution in [0.15, 0.2) is 22.0 Å². The zero-order valence-electron chi connectivity index (χ0n) is 11.9. The standard InChI is InChI=1S/C15H17BrO3S/c1-8-5-11(18-3)12(19-4)7-10(8)14(17)13-6-9(2)15(16)20-13/h5-7,14,17H,1-4H3. The minimum atomic E-state index is -0.662. The fourth-order valence-corrected chi connectivity index (χ4v) is 3.64. The maximum absolute atomic E-state index is 10.6. The summed E-state index contributed by atoms with van der Waals surface area (Å²) in [5.41, 5.74) is 2.93. The molecule has 0 aliphatic heterocycles. The van der Waals surface area contributed by atoms with E-state index in [4.69, 9.17) is 9.47 Å². The van der Waals surface area contributed by atoms with Crippen LogP contribution in [-0.4, -0.2) is 19.3 Å². The van der Waals surface area contributed by atoms with E-state index in [0.29, 0.717) is 11.5 Å². The molecule has 1 aromatic carbocycles. The second kappa shape index (κ2) is 6.16. The lowest BCUT2D eigenvalue weighted by molar-refractivity contribution is 0.222. The molecule has 5 heteroatoms. The van der Waals surface area contributed by atoms with Crippen LogP contribution < -0.4 is 9.47 Å². The minimum Gasteiger partial charge on any atom is -0.493 e. The Morgan fingerprint density at radius 3 is 2.15 bits per heavy atom. The molecular formula is C15H17BrO3S. The number of thiophene rings is 1. The first-order valence-corrected chi connectivity index (χ1v) is 7.75. The van der Waals surface area contributed by atoms with E-state index in [1.54, 1.807) is 25.6 Å². The highest BCUT2D eigenvalue weighted by Gasteiger charge is 2.19. The second-order valence-electron chi connectivity index (χ2n) is 4.57. The molecule has 0 aliphatic rings. The Bertz CT molecular complexity index is 602. The van der Waals surface area contributed by atoms with Gasteiger partial charge in [-0.3, -0.25) is 0 Å². The molecule has 0 fully saturated rings. The van der Waals surface area contributed by atoms with Crippen LogP contribution >= 0.6 is 27.3 Å². The molecule has 3 nitrogen and oxygen atoms in total. The van der Waals surface area contributed by atoms with Gasteiger partial charge in [0.05, 0.1) is 18.0 Å². The van der Waals surface area contributed by atoms with Gasteiger partial charge in [-0.15, -0.1) is 11.3 Å². The average molecular weight is 357 g/mol. The molecule has 1 aromatic heterocycles. The van der Waals surface area contributed by atoms with Crippen LogP contribution in [0.2, 0.25) is 0 Å². The lowest BCUT2D eigenvalue weighted by Gasteiger charge is -2.16. The van der Waals surface area contributed by atoms with Crippen LogP contribution in [0.4, 0.5) is 0 Å². The van der Waals surface area contributed by atoms with Crippen molar-refractivity contribution in [2.75, 3.05) is 14.2 Å². The van der Waals surface area contributed by atoms with Crippen LogP contribution in [0.25, 0.3) is 0 Å². The zero-order valence-corrected chi connectivity index (χ0v) is 14.3. The van der Waals surface area contributed by atoms with Crippen molar-refractivity contribution in [3.63, 3.8) is 0 Å². The van der Waals surface area contributed by atoms with E-state index in [-0.39, 0.29) is 0 Å². The summed E-state index contributed by atoms with van der Waals surface area (Å²) in [6.07, 6.45) is -0.662. The first-order valence-electron chi connectivity index (χ1n) is 6.14. The number of benzene rings is 1. The van der Waals surface area contributed by atoms with Gasteiger partial charge in [0.2, 0.25) is 0 Å². The summed E-state index contributed by atoms with van der Waals surface area (Å²) in [5, 5.41) is 10.6. The molecule has 1 heterocycles. The van der Waals surface area contributed by atoms with E-state index >= 15 is 0 Å². The van der Waals surface area contributed by atoms with Crippen molar-refractivity contribution in [3.05, 3.63) is 43.6 Å². The zero-order chi connectivity index (χ0) is 14.9. The Kier molecular flexibility index (Phi) is 4.73. The normalized spacial score (nSPS) is 12.3. The van der Waals surface area contributed by atoms with Crippen LogP contribution in [0, 0.1) is 13.8 Å². The first kappa shape index (κ1) is 15.4. The molecule has 1 unspecified atom stereocenters. The number of rotatable bonds is 4. The van der Waals surface area contributed by atoms with E-state index in [9.17, 15) is 5.11 Å². The van der Waals surface area contributed by atoms with Crippen molar-refractivity contribution in [2.24, 2.45) is 0 Å². The van der Waals surface area contributed by atoms with Crippen LogP contribution in [0.3, 0.4) is 0 Å². The summed E-state index contributed by atoms with van der Waals surface area (Å²) in [5.74, 6) is 1.30. The van der Waals surface area contributed by atoms with E-state index < -0.39 is 6.10 Å². The van der Waals surface area contributed by atoms with Crippen LogP contribution in [0.5, 0.6) is 11.5 Å². The smallest absolute Gasteiger partial charge is 0.161 e. The number of ether oxygens (including phenoxy) is 2. The highest BCUT2D eigenvalue weighted by Crippen LogP contribution is 2.38. The monoisotopic (exact) mass is 356 g/mol. The summed E-state index contributed by atoms with van der Waals surface area (Å²) >= 11 is 5.03. The van der Waals surface area contributed by atoms with Crippen molar-refractivity contribution in [1.29, 1.82) is 0 Å². The van der Waals surface area contributed by atoms with Gasteiger partial charge in [-0.2, -0.15) is 0 Å². The molecule has 0 saturated heterocycles. The molecule has 20 heavy (non-hydrogen) atoms. The maximum atomic E-state index is 10.6. The van der Waals surface area contributed by atoms with Crippen molar-refractivity contribution < 1.29 is 14.6 Å². The topological polar surface area (TPSA) is 38.7 Å². The van der Waals surface area contributed by atoms with Crippen LogP contribution in [0.1, 0.15) is 27.7 Å². The molecule has 0 saturated carbocycles. The number of hydrogen-bond acceptors (Lipinski definition) is 4. The van der Waals surface area contributed by atoms with E-state index in [1.165, 1.54) is 0 Å². The predicted molar refractivity (Wildman–Crippen MR) is 85.1 cm³/mol. The molecule has 1 N–H and O–H groups in total. The highest BCUT2D eigenvalue weighted by atomic mass is 79.9. The number of hydrogen-bond donors (Lipinski definition) is 1. The van der Waals surface area contributed by atoms with Crippen LogP contribution in [-0.2, 0) is 0 Å². The summed E-state index contributed by atoms with van der Waals surface area (Å²) in [7, 11) is 3.20. The van der Waals surface area contributed by atoms with Gasteiger partial charge in [0.1, 0.15) is 6.10 Å². The quantitative estimate of drug-likeness (QED) is 0.890. The van der Waals surface area contributed by atoms with Gasteiger partial charge in [0.25, 0.3) is 0 Å². The Morgan fingerprint density at radius 1 is 1.05 bits per heavy atom. The predicted octanol–water partition coefficient (Wildman–Crippen LogP) is 4.23. The molecule has 2 aromatic rings. The Morgan fingerprint density at radius 2 is 1.65 bits per heavy atom. The third-order valence-corrected chi connectivity index (χ3v) is 5.40. The van der Waals surface area contributed by atoms with Crippen molar-refractivity contribution in [2.45, 2.75) is 20.0 Å². The number of aliphatic hydroxyl groups excluding tert-OH is 1.